The average Bonchev–Trinajstić information content (AvgIpc) is 2.40. The Morgan fingerprint density at radius 3 is 2.83 bits per heavy atom. The van der Waals surface area contributed by atoms with Crippen LogP contribution in [-0.2, 0) is 10.2 Å². The number of fused-ring (bicyclic) bond motifs is 1. The third kappa shape index (κ3) is 1.89. The van der Waals surface area contributed by atoms with Gasteiger partial charge in [0, 0.05) is 24.8 Å². The number of Topliss-reactive ketones (excluding diaryl/α,β-unsaturated/α-hetero) is 1. The molecule has 1 heterocycles. The minimum Gasteiger partial charge on any atom is -0.306 e. The maximum atomic E-state index is 12.0. The van der Waals surface area contributed by atoms with Gasteiger partial charge in [0.15, 0.2) is 0 Å². The zero-order valence-electron chi connectivity index (χ0n) is 11.1. The molecule has 96 valence electrons. The van der Waals surface area contributed by atoms with Gasteiger partial charge < -0.3 is 4.90 Å². The van der Waals surface area contributed by atoms with Crippen LogP contribution in [0.1, 0.15) is 31.2 Å². The number of benzene rings is 1. The van der Waals surface area contributed by atoms with E-state index in [0.717, 1.165) is 38.8 Å². The second-order valence-corrected chi connectivity index (χ2v) is 5.99. The van der Waals surface area contributed by atoms with Crippen LogP contribution in [0.15, 0.2) is 30.3 Å². The summed E-state index contributed by atoms with van der Waals surface area (Å²) in [4.78, 5) is 14.4. The van der Waals surface area contributed by atoms with Crippen molar-refractivity contribution >= 4 is 5.78 Å². The molecule has 2 atom stereocenters. The summed E-state index contributed by atoms with van der Waals surface area (Å²) < 4.78 is 0. The highest BCUT2D eigenvalue weighted by molar-refractivity contribution is 5.81. The summed E-state index contributed by atoms with van der Waals surface area (Å²) in [6.07, 6.45) is 3.74. The summed E-state index contributed by atoms with van der Waals surface area (Å²) in [5, 5.41) is 0. The van der Waals surface area contributed by atoms with Gasteiger partial charge in [-0.3, -0.25) is 4.79 Å². The van der Waals surface area contributed by atoms with E-state index in [9.17, 15) is 4.79 Å². The maximum absolute atomic E-state index is 12.0. The molecule has 0 spiro atoms. The first-order valence-corrected chi connectivity index (χ1v) is 6.96. The Balaban J connectivity index is 2.00. The molecule has 0 bridgehead atoms. The molecular weight excluding hydrogens is 222 g/mol. The minimum atomic E-state index is 0.128. The molecular formula is C16H21NO. The molecule has 2 nitrogen and oxygen atoms in total. The zero-order chi connectivity index (χ0) is 12.6. The van der Waals surface area contributed by atoms with Crippen molar-refractivity contribution in [3.8, 4) is 0 Å². The molecule has 1 aliphatic carbocycles. The quantitative estimate of drug-likeness (QED) is 0.755. The van der Waals surface area contributed by atoms with Crippen LogP contribution >= 0.6 is 0 Å². The summed E-state index contributed by atoms with van der Waals surface area (Å²) in [5.74, 6) is 1.11. The van der Waals surface area contributed by atoms with Gasteiger partial charge in [-0.15, -0.1) is 0 Å². The highest BCUT2D eigenvalue weighted by Crippen LogP contribution is 2.47. The van der Waals surface area contributed by atoms with Gasteiger partial charge >= 0.3 is 0 Å². The molecule has 1 aromatic carbocycles. The number of hydrogen-bond donors (Lipinski definition) is 0. The predicted octanol–water partition coefficient (Wildman–Crippen LogP) is 2.63. The summed E-state index contributed by atoms with van der Waals surface area (Å²) in [7, 11) is 2.20. The predicted molar refractivity (Wildman–Crippen MR) is 72.6 cm³/mol. The van der Waals surface area contributed by atoms with Crippen LogP contribution in [0.5, 0.6) is 0 Å². The fourth-order valence-corrected chi connectivity index (χ4v) is 3.86. The topological polar surface area (TPSA) is 20.3 Å². The van der Waals surface area contributed by atoms with Gasteiger partial charge in [0.1, 0.15) is 5.78 Å². The molecule has 3 rings (SSSR count). The Bertz CT molecular complexity index is 442. The molecule has 2 fully saturated rings. The highest BCUT2D eigenvalue weighted by Gasteiger charge is 2.47. The third-order valence-corrected chi connectivity index (χ3v) is 4.89. The van der Waals surface area contributed by atoms with Gasteiger partial charge in [-0.05, 0) is 37.9 Å². The smallest absolute Gasteiger partial charge is 0.133 e. The average molecular weight is 243 g/mol. The number of carbonyl (C=O) groups is 1. The molecule has 1 aliphatic heterocycles. The van der Waals surface area contributed by atoms with Crippen LogP contribution in [0.25, 0.3) is 0 Å². The molecule has 0 aromatic heterocycles. The summed E-state index contributed by atoms with van der Waals surface area (Å²) in [6, 6.07) is 10.7. The minimum absolute atomic E-state index is 0.128. The van der Waals surface area contributed by atoms with Crippen LogP contribution in [0.3, 0.4) is 0 Å². The van der Waals surface area contributed by atoms with Crippen molar-refractivity contribution in [2.45, 2.75) is 31.1 Å². The van der Waals surface area contributed by atoms with Crippen molar-refractivity contribution in [3.05, 3.63) is 35.9 Å². The first kappa shape index (κ1) is 11.9. The molecule has 1 aromatic rings. The Kier molecular flexibility index (Phi) is 2.98. The molecule has 18 heavy (non-hydrogen) atoms. The van der Waals surface area contributed by atoms with Crippen molar-refractivity contribution in [2.24, 2.45) is 5.92 Å². The van der Waals surface area contributed by atoms with Gasteiger partial charge in [-0.2, -0.15) is 0 Å². The Morgan fingerprint density at radius 2 is 2.06 bits per heavy atom. The number of carbonyl (C=O) groups excluding carboxylic acids is 1. The van der Waals surface area contributed by atoms with Crippen LogP contribution in [-0.4, -0.2) is 30.8 Å². The monoisotopic (exact) mass is 243 g/mol. The standard InChI is InChI=1S/C16H21NO/c1-17-10-9-16(13-5-3-2-4-6-13)11-15(18)8-7-14(16)12-17/h2-6,14H,7-12H2,1H3/t14-,16+/m0/s1. The largest absolute Gasteiger partial charge is 0.306 e. The number of nitrogens with zero attached hydrogens (tertiary/aromatic N) is 1. The SMILES string of the molecule is CN1CC[C@]2(c3ccccc3)CC(=O)CC[C@H]2C1. The lowest BCUT2D eigenvalue weighted by Gasteiger charge is -2.50. The summed E-state index contributed by atoms with van der Waals surface area (Å²) in [5.41, 5.74) is 1.51. The van der Waals surface area contributed by atoms with Crippen LogP contribution in [0, 0.1) is 5.92 Å². The van der Waals surface area contributed by atoms with Crippen molar-refractivity contribution in [3.63, 3.8) is 0 Å². The van der Waals surface area contributed by atoms with Crippen molar-refractivity contribution in [1.29, 1.82) is 0 Å². The molecule has 0 N–H and O–H groups in total. The van der Waals surface area contributed by atoms with E-state index in [-0.39, 0.29) is 5.41 Å². The van der Waals surface area contributed by atoms with Crippen molar-refractivity contribution in [2.75, 3.05) is 20.1 Å². The number of ketones is 1. The maximum Gasteiger partial charge on any atom is 0.133 e. The molecule has 2 aliphatic rings. The molecule has 0 amide bonds. The van der Waals surface area contributed by atoms with Crippen molar-refractivity contribution in [1.82, 2.24) is 4.90 Å². The molecule has 0 radical (unpaired) electrons. The van der Waals surface area contributed by atoms with Gasteiger partial charge in [0.25, 0.3) is 0 Å². The van der Waals surface area contributed by atoms with E-state index in [0.29, 0.717) is 11.7 Å². The van der Waals surface area contributed by atoms with E-state index in [1.807, 2.05) is 0 Å². The van der Waals surface area contributed by atoms with Crippen LogP contribution in [0.2, 0.25) is 0 Å². The van der Waals surface area contributed by atoms with Gasteiger partial charge in [0.2, 0.25) is 0 Å². The Hall–Kier alpha value is -1.15. The third-order valence-electron chi connectivity index (χ3n) is 4.89. The fraction of sp³-hybridized carbons (Fsp3) is 0.562. The van der Waals surface area contributed by atoms with E-state index in [1.54, 1.807) is 0 Å². The number of likely N-dealkylation sites (tertiary alicyclic amines) is 1. The number of rotatable bonds is 1. The highest BCUT2D eigenvalue weighted by atomic mass is 16.1. The zero-order valence-corrected chi connectivity index (χ0v) is 11.1. The van der Waals surface area contributed by atoms with Crippen LogP contribution < -0.4 is 0 Å². The summed E-state index contributed by atoms with van der Waals surface area (Å²) >= 11 is 0. The Labute approximate surface area is 109 Å². The van der Waals surface area contributed by atoms with E-state index in [2.05, 4.69) is 42.3 Å². The molecule has 2 heteroatoms. The summed E-state index contributed by atoms with van der Waals surface area (Å²) in [6.45, 7) is 2.25. The normalized spacial score (nSPS) is 33.2. The lowest BCUT2D eigenvalue weighted by atomic mass is 9.59. The first-order chi connectivity index (χ1) is 8.71. The fourth-order valence-electron chi connectivity index (χ4n) is 3.86. The van der Waals surface area contributed by atoms with E-state index >= 15 is 0 Å². The molecule has 1 saturated heterocycles. The van der Waals surface area contributed by atoms with E-state index in [1.165, 1.54) is 5.56 Å². The number of hydrogen-bond acceptors (Lipinski definition) is 2. The first-order valence-electron chi connectivity index (χ1n) is 6.96. The van der Waals surface area contributed by atoms with E-state index < -0.39 is 0 Å². The van der Waals surface area contributed by atoms with Crippen LogP contribution in [0.4, 0.5) is 0 Å². The lowest BCUT2D eigenvalue weighted by Crippen LogP contribution is -2.51. The lowest BCUT2D eigenvalue weighted by molar-refractivity contribution is -0.124. The van der Waals surface area contributed by atoms with Crippen molar-refractivity contribution < 1.29 is 4.79 Å². The van der Waals surface area contributed by atoms with Gasteiger partial charge in [-0.1, -0.05) is 30.3 Å². The van der Waals surface area contributed by atoms with E-state index in [4.69, 9.17) is 0 Å². The Morgan fingerprint density at radius 1 is 1.28 bits per heavy atom. The molecule has 0 unspecified atom stereocenters. The second kappa shape index (κ2) is 4.51. The second-order valence-electron chi connectivity index (χ2n) is 5.99. The van der Waals surface area contributed by atoms with Gasteiger partial charge in [0.05, 0.1) is 0 Å². The number of piperidine rings is 1. The molecule has 1 saturated carbocycles. The van der Waals surface area contributed by atoms with Gasteiger partial charge in [-0.25, -0.2) is 0 Å².